The van der Waals surface area contributed by atoms with Crippen molar-refractivity contribution in [3.8, 4) is 0 Å². The molecule has 1 aliphatic rings. The van der Waals surface area contributed by atoms with E-state index in [4.69, 9.17) is 0 Å². The summed E-state index contributed by atoms with van der Waals surface area (Å²) >= 11 is 0.388. The third-order valence-electron chi connectivity index (χ3n) is 3.45. The molecule has 2 heterocycles. The van der Waals surface area contributed by atoms with E-state index in [-0.39, 0.29) is 25.5 Å². The first-order valence-corrected chi connectivity index (χ1v) is 9.16. The lowest BCUT2D eigenvalue weighted by atomic mass is 10.2. The largest absolute Gasteiger partial charge is 0.405 e. The highest BCUT2D eigenvalue weighted by Gasteiger charge is 2.44. The van der Waals surface area contributed by atoms with Gasteiger partial charge in [-0.25, -0.2) is 13.1 Å². The Balaban J connectivity index is 0.00000312. The standard InChI is InChI=1S/C11H15F3N4O4S2.ClH/c12-11(13,14)8(17-5-3-15-4-6-17)7-16-24(21,22)10-2-1-9(23-10)18(19)20;/h1-2,8,15-16H,3-7H2;1H. The number of hydrogen-bond donors (Lipinski definition) is 2. The number of nitrogens with zero attached hydrogens (tertiary/aromatic N) is 2. The maximum Gasteiger partial charge on any atom is 0.405 e. The van der Waals surface area contributed by atoms with Gasteiger partial charge in [-0.1, -0.05) is 0 Å². The van der Waals surface area contributed by atoms with E-state index in [0.717, 1.165) is 17.0 Å². The molecule has 1 saturated heterocycles. The molecule has 0 bridgehead atoms. The zero-order valence-corrected chi connectivity index (χ0v) is 15.1. The molecule has 0 aromatic carbocycles. The Morgan fingerprint density at radius 2 is 1.96 bits per heavy atom. The summed E-state index contributed by atoms with van der Waals surface area (Å²) in [5.74, 6) is 0. The van der Waals surface area contributed by atoms with Crippen molar-refractivity contribution in [1.29, 1.82) is 0 Å². The molecule has 1 aliphatic heterocycles. The van der Waals surface area contributed by atoms with Crippen LogP contribution in [0.1, 0.15) is 0 Å². The van der Waals surface area contributed by atoms with Crippen molar-refractivity contribution < 1.29 is 26.5 Å². The fourth-order valence-corrected chi connectivity index (χ4v) is 4.45. The number of piperazine rings is 1. The van der Waals surface area contributed by atoms with Crippen molar-refractivity contribution >= 4 is 38.8 Å². The molecule has 1 aromatic heterocycles. The number of nitro groups is 1. The molecule has 25 heavy (non-hydrogen) atoms. The molecular formula is C11H16ClF3N4O4S2. The topological polar surface area (TPSA) is 105 Å². The molecule has 0 saturated carbocycles. The minimum absolute atomic E-state index is 0. The Morgan fingerprint density at radius 1 is 1.36 bits per heavy atom. The van der Waals surface area contributed by atoms with Gasteiger partial charge in [0.1, 0.15) is 10.3 Å². The van der Waals surface area contributed by atoms with Crippen molar-refractivity contribution in [1.82, 2.24) is 14.9 Å². The fraction of sp³-hybridized carbons (Fsp3) is 0.636. The molecular weight excluding hydrogens is 409 g/mol. The Kier molecular flexibility index (Phi) is 7.58. The van der Waals surface area contributed by atoms with Crippen LogP contribution in [0.5, 0.6) is 0 Å². The zero-order valence-electron chi connectivity index (χ0n) is 12.7. The molecule has 0 spiro atoms. The number of sulfonamides is 1. The Morgan fingerprint density at radius 3 is 2.44 bits per heavy atom. The van der Waals surface area contributed by atoms with E-state index in [2.05, 4.69) is 5.32 Å². The van der Waals surface area contributed by atoms with Gasteiger partial charge < -0.3 is 5.32 Å². The van der Waals surface area contributed by atoms with Gasteiger partial charge in [0.05, 0.1) is 4.92 Å². The normalized spacial score (nSPS) is 17.7. The number of thiophene rings is 1. The maximum absolute atomic E-state index is 13.2. The van der Waals surface area contributed by atoms with E-state index < -0.39 is 42.9 Å². The van der Waals surface area contributed by atoms with E-state index in [1.54, 1.807) is 0 Å². The highest BCUT2D eigenvalue weighted by Crippen LogP contribution is 2.29. The first-order valence-electron chi connectivity index (χ1n) is 6.86. The van der Waals surface area contributed by atoms with E-state index in [1.165, 1.54) is 0 Å². The average Bonchev–Trinajstić information content (AvgIpc) is 2.98. The monoisotopic (exact) mass is 424 g/mol. The van der Waals surface area contributed by atoms with Gasteiger partial charge in [0.2, 0.25) is 10.0 Å². The first kappa shape index (κ1) is 22.1. The molecule has 1 atom stereocenters. The van der Waals surface area contributed by atoms with Crippen LogP contribution in [0.25, 0.3) is 0 Å². The number of nitrogens with one attached hydrogen (secondary N) is 2. The van der Waals surface area contributed by atoms with Crippen LogP contribution < -0.4 is 10.0 Å². The lowest BCUT2D eigenvalue weighted by Gasteiger charge is -2.35. The van der Waals surface area contributed by atoms with Gasteiger partial charge in [0.15, 0.2) is 0 Å². The second-order valence-corrected chi connectivity index (χ2v) is 8.10. The van der Waals surface area contributed by atoms with Gasteiger partial charge in [-0.2, -0.15) is 13.2 Å². The molecule has 0 amide bonds. The molecule has 14 heteroatoms. The minimum atomic E-state index is -4.60. The van der Waals surface area contributed by atoms with Crippen LogP contribution in [0, 0.1) is 10.1 Å². The summed E-state index contributed by atoms with van der Waals surface area (Å²) < 4.78 is 65.3. The summed E-state index contributed by atoms with van der Waals surface area (Å²) in [5.41, 5.74) is 0. The van der Waals surface area contributed by atoms with Crippen molar-refractivity contribution in [2.24, 2.45) is 0 Å². The van der Waals surface area contributed by atoms with Crippen LogP contribution in [-0.4, -0.2) is 63.2 Å². The number of halogens is 4. The molecule has 0 aliphatic carbocycles. The van der Waals surface area contributed by atoms with E-state index in [1.807, 2.05) is 4.72 Å². The lowest BCUT2D eigenvalue weighted by molar-refractivity contribution is -0.380. The SMILES string of the molecule is Cl.O=[N+]([O-])c1ccc(S(=O)(=O)NCC(N2CCNCC2)C(F)(F)F)s1. The van der Waals surface area contributed by atoms with Crippen LogP contribution >= 0.6 is 23.7 Å². The van der Waals surface area contributed by atoms with Crippen LogP contribution in [0.15, 0.2) is 16.3 Å². The van der Waals surface area contributed by atoms with Crippen LogP contribution in [-0.2, 0) is 10.0 Å². The van der Waals surface area contributed by atoms with E-state index in [0.29, 0.717) is 24.4 Å². The summed E-state index contributed by atoms with van der Waals surface area (Å²) in [5, 5.41) is 13.1. The molecule has 1 aromatic rings. The summed E-state index contributed by atoms with van der Waals surface area (Å²) in [6, 6.07) is 0.0410. The molecule has 1 fully saturated rings. The minimum Gasteiger partial charge on any atom is -0.314 e. The molecule has 2 N–H and O–H groups in total. The molecule has 144 valence electrons. The van der Waals surface area contributed by atoms with Crippen molar-refractivity contribution in [2.75, 3.05) is 32.7 Å². The third kappa shape index (κ3) is 5.76. The molecule has 2 rings (SSSR count). The number of alkyl halides is 3. The fourth-order valence-electron chi connectivity index (χ4n) is 2.26. The third-order valence-corrected chi connectivity index (χ3v) is 6.40. The van der Waals surface area contributed by atoms with Crippen LogP contribution in [0.2, 0.25) is 0 Å². The van der Waals surface area contributed by atoms with Crippen molar-refractivity contribution in [3.63, 3.8) is 0 Å². The predicted octanol–water partition coefficient (Wildman–Crippen LogP) is 1.19. The first-order chi connectivity index (χ1) is 11.1. The molecule has 0 radical (unpaired) electrons. The Labute approximate surface area is 152 Å². The highest BCUT2D eigenvalue weighted by atomic mass is 35.5. The van der Waals surface area contributed by atoms with Crippen LogP contribution in [0.4, 0.5) is 18.2 Å². The van der Waals surface area contributed by atoms with Gasteiger partial charge in [-0.05, 0) is 17.4 Å². The summed E-state index contributed by atoms with van der Waals surface area (Å²) in [7, 11) is -4.25. The van der Waals surface area contributed by atoms with Gasteiger partial charge in [0.25, 0.3) is 0 Å². The van der Waals surface area contributed by atoms with Crippen molar-refractivity contribution in [2.45, 2.75) is 16.4 Å². The summed E-state index contributed by atoms with van der Waals surface area (Å²) in [4.78, 5) is 11.0. The second-order valence-electron chi connectivity index (χ2n) is 5.05. The average molecular weight is 425 g/mol. The van der Waals surface area contributed by atoms with Gasteiger partial charge >= 0.3 is 11.2 Å². The smallest absolute Gasteiger partial charge is 0.314 e. The number of hydrogen-bond acceptors (Lipinski definition) is 7. The predicted molar refractivity (Wildman–Crippen MR) is 87.7 cm³/mol. The molecule has 8 nitrogen and oxygen atoms in total. The van der Waals surface area contributed by atoms with E-state index >= 15 is 0 Å². The van der Waals surface area contributed by atoms with Crippen molar-refractivity contribution in [3.05, 3.63) is 22.2 Å². The van der Waals surface area contributed by atoms with Gasteiger partial charge in [-0.15, -0.1) is 12.4 Å². The quantitative estimate of drug-likeness (QED) is 0.525. The molecule has 1 unspecified atom stereocenters. The Bertz CT molecular complexity index is 692. The summed E-state index contributed by atoms with van der Waals surface area (Å²) in [6.45, 7) is 0.219. The Hall–Kier alpha value is -0.990. The van der Waals surface area contributed by atoms with Gasteiger partial charge in [-0.3, -0.25) is 15.0 Å². The second kappa shape index (κ2) is 8.60. The van der Waals surface area contributed by atoms with Crippen LogP contribution in [0.3, 0.4) is 0 Å². The van der Waals surface area contributed by atoms with Gasteiger partial charge in [0, 0.05) is 38.8 Å². The van der Waals surface area contributed by atoms with E-state index in [9.17, 15) is 31.7 Å². The summed E-state index contributed by atoms with van der Waals surface area (Å²) in [6.07, 6.45) is -4.60. The zero-order chi connectivity index (χ0) is 18.0. The number of rotatable bonds is 6. The highest BCUT2D eigenvalue weighted by molar-refractivity contribution is 7.91. The maximum atomic E-state index is 13.2. The lowest BCUT2D eigenvalue weighted by Crippen LogP contribution is -2.57.